The number of benzene rings is 1. The lowest BCUT2D eigenvalue weighted by atomic mass is 10.00. The fourth-order valence-corrected chi connectivity index (χ4v) is 3.71. The number of aryl methyl sites for hydroxylation is 1. The van der Waals surface area contributed by atoms with Gasteiger partial charge in [0.2, 0.25) is 0 Å². The van der Waals surface area contributed by atoms with Crippen molar-refractivity contribution in [3.8, 4) is 11.5 Å². The highest BCUT2D eigenvalue weighted by Crippen LogP contribution is 2.37. The minimum atomic E-state index is 0.254. The third-order valence-electron chi connectivity index (χ3n) is 4.68. The van der Waals surface area contributed by atoms with Crippen LogP contribution in [-0.2, 0) is 6.54 Å². The lowest BCUT2D eigenvalue weighted by Gasteiger charge is -2.32. The van der Waals surface area contributed by atoms with E-state index in [1.807, 2.05) is 6.07 Å². The molecule has 1 unspecified atom stereocenters. The average Bonchev–Trinajstić information content (AvgIpc) is 2.95. The van der Waals surface area contributed by atoms with Gasteiger partial charge < -0.3 is 14.0 Å². The second-order valence-corrected chi connectivity index (χ2v) is 6.89. The Hall–Kier alpha value is -1.94. The molecule has 1 atom stereocenters. The molecule has 2 heterocycles. The molecule has 2 aromatic rings. The Kier molecular flexibility index (Phi) is 5.14. The van der Waals surface area contributed by atoms with Crippen molar-refractivity contribution in [1.29, 1.82) is 0 Å². The largest absolute Gasteiger partial charge is 0.493 e. The number of hydrogen-bond donors (Lipinski definition) is 0. The van der Waals surface area contributed by atoms with E-state index in [9.17, 15) is 0 Å². The van der Waals surface area contributed by atoms with E-state index in [1.165, 1.54) is 17.7 Å². The van der Waals surface area contributed by atoms with Crippen LogP contribution in [0.25, 0.3) is 0 Å². The summed E-state index contributed by atoms with van der Waals surface area (Å²) in [6.45, 7) is 7.86. The molecule has 0 radical (unpaired) electrons. The van der Waals surface area contributed by atoms with Crippen molar-refractivity contribution < 1.29 is 9.47 Å². The third kappa shape index (κ3) is 3.29. The molecule has 0 saturated heterocycles. The molecule has 3 rings (SSSR count). The van der Waals surface area contributed by atoms with E-state index in [4.69, 9.17) is 9.47 Å². The van der Waals surface area contributed by atoms with E-state index in [0.29, 0.717) is 5.92 Å². The minimum Gasteiger partial charge on any atom is -0.493 e. The highest BCUT2D eigenvalue weighted by molar-refractivity contribution is 5.45. The molecule has 0 amide bonds. The van der Waals surface area contributed by atoms with Gasteiger partial charge in [-0.3, -0.25) is 4.90 Å². The molecule has 0 bridgehead atoms. The van der Waals surface area contributed by atoms with E-state index >= 15 is 0 Å². The van der Waals surface area contributed by atoms with Gasteiger partial charge in [0.1, 0.15) is 0 Å². The number of nitrogens with zero attached hydrogens (tertiary/aromatic N) is 2. The topological polar surface area (TPSA) is 26.6 Å². The molecule has 0 fully saturated rings. The predicted octanol–water partition coefficient (Wildman–Crippen LogP) is 3.96. The molecule has 130 valence electrons. The molecule has 24 heavy (non-hydrogen) atoms. The SMILES string of the molecule is COc1ccc(C2c3cccn3CCCN2CC(C)C)cc1OC. The Balaban J connectivity index is 2.06. The monoisotopic (exact) mass is 328 g/mol. The van der Waals surface area contributed by atoms with Gasteiger partial charge in [-0.2, -0.15) is 0 Å². The van der Waals surface area contributed by atoms with Crippen LogP contribution in [0.1, 0.15) is 37.6 Å². The zero-order valence-corrected chi connectivity index (χ0v) is 15.2. The minimum absolute atomic E-state index is 0.254. The number of fused-ring (bicyclic) bond motifs is 1. The van der Waals surface area contributed by atoms with E-state index in [-0.39, 0.29) is 6.04 Å². The van der Waals surface area contributed by atoms with Gasteiger partial charge >= 0.3 is 0 Å². The van der Waals surface area contributed by atoms with E-state index in [0.717, 1.165) is 31.1 Å². The molecule has 1 aliphatic heterocycles. The molecular weight excluding hydrogens is 300 g/mol. The quantitative estimate of drug-likeness (QED) is 0.831. The number of hydrogen-bond acceptors (Lipinski definition) is 3. The molecule has 4 heteroatoms. The zero-order valence-electron chi connectivity index (χ0n) is 15.2. The highest BCUT2D eigenvalue weighted by atomic mass is 16.5. The summed E-state index contributed by atoms with van der Waals surface area (Å²) >= 11 is 0. The molecule has 0 aliphatic carbocycles. The van der Waals surface area contributed by atoms with E-state index < -0.39 is 0 Å². The second-order valence-electron chi connectivity index (χ2n) is 6.89. The van der Waals surface area contributed by atoms with Gasteiger partial charge in [0.25, 0.3) is 0 Å². The smallest absolute Gasteiger partial charge is 0.161 e. The number of ether oxygens (including phenoxy) is 2. The van der Waals surface area contributed by atoms with Crippen LogP contribution in [0.15, 0.2) is 36.5 Å². The molecular formula is C20H28N2O2. The first kappa shape index (κ1) is 16.9. The van der Waals surface area contributed by atoms with Crippen molar-refractivity contribution in [1.82, 2.24) is 9.47 Å². The molecule has 1 aromatic carbocycles. The van der Waals surface area contributed by atoms with Gasteiger partial charge in [0.05, 0.1) is 20.3 Å². The van der Waals surface area contributed by atoms with Crippen LogP contribution >= 0.6 is 0 Å². The first-order chi connectivity index (χ1) is 11.6. The maximum atomic E-state index is 5.53. The fourth-order valence-electron chi connectivity index (χ4n) is 3.71. The van der Waals surface area contributed by atoms with Crippen LogP contribution in [0.5, 0.6) is 11.5 Å². The summed E-state index contributed by atoms with van der Waals surface area (Å²) in [6.07, 6.45) is 3.38. The van der Waals surface area contributed by atoms with Crippen molar-refractivity contribution in [3.63, 3.8) is 0 Å². The fraction of sp³-hybridized carbons (Fsp3) is 0.500. The molecule has 0 N–H and O–H groups in total. The van der Waals surface area contributed by atoms with Crippen LogP contribution in [-0.4, -0.2) is 36.8 Å². The van der Waals surface area contributed by atoms with Gasteiger partial charge in [-0.05, 0) is 42.2 Å². The predicted molar refractivity (Wildman–Crippen MR) is 96.8 cm³/mol. The Labute approximate surface area is 145 Å². The highest BCUT2D eigenvalue weighted by Gasteiger charge is 2.28. The normalized spacial score (nSPS) is 18.3. The van der Waals surface area contributed by atoms with Crippen LogP contribution in [0.3, 0.4) is 0 Å². The first-order valence-electron chi connectivity index (χ1n) is 8.75. The lowest BCUT2D eigenvalue weighted by Crippen LogP contribution is -2.33. The lowest BCUT2D eigenvalue weighted by molar-refractivity contribution is 0.204. The first-order valence-corrected chi connectivity index (χ1v) is 8.75. The van der Waals surface area contributed by atoms with Gasteiger partial charge in [0, 0.05) is 31.5 Å². The van der Waals surface area contributed by atoms with Crippen LogP contribution in [0.2, 0.25) is 0 Å². The molecule has 0 saturated carbocycles. The average molecular weight is 328 g/mol. The van der Waals surface area contributed by atoms with Crippen LogP contribution in [0.4, 0.5) is 0 Å². The Morgan fingerprint density at radius 3 is 2.58 bits per heavy atom. The van der Waals surface area contributed by atoms with Crippen molar-refractivity contribution in [3.05, 3.63) is 47.8 Å². The van der Waals surface area contributed by atoms with Crippen molar-refractivity contribution in [2.45, 2.75) is 32.9 Å². The van der Waals surface area contributed by atoms with Gasteiger partial charge in [-0.25, -0.2) is 0 Å². The maximum Gasteiger partial charge on any atom is 0.161 e. The summed E-state index contributed by atoms with van der Waals surface area (Å²) in [5, 5.41) is 0. The summed E-state index contributed by atoms with van der Waals surface area (Å²) in [6, 6.07) is 11.0. The Bertz CT molecular complexity index is 678. The summed E-state index contributed by atoms with van der Waals surface area (Å²) in [4.78, 5) is 2.60. The Morgan fingerprint density at radius 1 is 1.08 bits per heavy atom. The van der Waals surface area contributed by atoms with Gasteiger partial charge in [0.15, 0.2) is 11.5 Å². The van der Waals surface area contributed by atoms with E-state index in [1.54, 1.807) is 14.2 Å². The number of aromatic nitrogens is 1. The molecule has 1 aromatic heterocycles. The third-order valence-corrected chi connectivity index (χ3v) is 4.68. The molecule has 4 nitrogen and oxygen atoms in total. The summed E-state index contributed by atoms with van der Waals surface area (Å²) in [5.74, 6) is 2.21. The van der Waals surface area contributed by atoms with Crippen molar-refractivity contribution in [2.75, 3.05) is 27.3 Å². The van der Waals surface area contributed by atoms with Crippen molar-refractivity contribution >= 4 is 0 Å². The van der Waals surface area contributed by atoms with E-state index in [2.05, 4.69) is 53.8 Å². The number of rotatable bonds is 5. The standard InChI is InChI=1S/C20H28N2O2/c1-15(2)14-22-12-6-11-21-10-5-7-17(21)20(22)16-8-9-18(23-3)19(13-16)24-4/h5,7-10,13,15,20H,6,11-12,14H2,1-4H3. The zero-order chi connectivity index (χ0) is 17.1. The number of methoxy groups -OCH3 is 2. The summed E-state index contributed by atoms with van der Waals surface area (Å²) in [7, 11) is 3.38. The van der Waals surface area contributed by atoms with Crippen molar-refractivity contribution in [2.24, 2.45) is 5.92 Å². The van der Waals surface area contributed by atoms with Crippen LogP contribution in [0, 0.1) is 5.92 Å². The van der Waals surface area contributed by atoms with Crippen LogP contribution < -0.4 is 9.47 Å². The Morgan fingerprint density at radius 2 is 1.88 bits per heavy atom. The van der Waals surface area contributed by atoms with Gasteiger partial charge in [-0.1, -0.05) is 19.9 Å². The molecule has 1 aliphatic rings. The maximum absolute atomic E-state index is 5.53. The van der Waals surface area contributed by atoms with Gasteiger partial charge in [-0.15, -0.1) is 0 Å². The summed E-state index contributed by atoms with van der Waals surface area (Å²) < 4.78 is 13.3. The summed E-state index contributed by atoms with van der Waals surface area (Å²) in [5.41, 5.74) is 2.62. The second kappa shape index (κ2) is 7.31. The molecule has 0 spiro atoms.